The fraction of sp³-hybridized carbons (Fsp3) is 0.188. The van der Waals surface area contributed by atoms with Gasteiger partial charge in [-0.15, -0.1) is 0 Å². The second-order valence-corrected chi connectivity index (χ2v) is 7.44. The molecule has 2 aromatic carbocycles. The Hall–Kier alpha value is -2.35. The Kier molecular flexibility index (Phi) is 4.98. The van der Waals surface area contributed by atoms with Gasteiger partial charge in [0.05, 0.1) is 11.3 Å². The van der Waals surface area contributed by atoms with Gasteiger partial charge >= 0.3 is 6.18 Å². The van der Waals surface area contributed by atoms with Gasteiger partial charge in [-0.1, -0.05) is 12.1 Å². The van der Waals surface area contributed by atoms with Crippen LogP contribution in [-0.2, 0) is 21.8 Å². The van der Waals surface area contributed by atoms with E-state index in [9.17, 15) is 26.4 Å². The molecule has 0 saturated heterocycles. The molecule has 2 rings (SSSR count). The normalized spacial score (nSPS) is 12.0. The summed E-state index contributed by atoms with van der Waals surface area (Å²) in [5, 5.41) is 2.48. The number of hydrogen-bond donors (Lipinski definition) is 1. The molecule has 2 aromatic rings. The van der Waals surface area contributed by atoms with Crippen LogP contribution in [0.3, 0.4) is 0 Å². The number of carbonyl (C=O) groups excluding carboxylic acids is 1. The molecule has 0 aliphatic carbocycles. The van der Waals surface area contributed by atoms with Gasteiger partial charge in [0, 0.05) is 17.5 Å². The molecule has 1 N–H and O–H groups in total. The Morgan fingerprint density at radius 1 is 1.00 bits per heavy atom. The molecular weight excluding hydrogens is 343 g/mol. The van der Waals surface area contributed by atoms with Crippen molar-refractivity contribution in [3.63, 3.8) is 0 Å². The highest BCUT2D eigenvalue weighted by Gasteiger charge is 2.29. The number of hydrogen-bond acceptors (Lipinski definition) is 3. The van der Waals surface area contributed by atoms with Crippen molar-refractivity contribution in [2.75, 3.05) is 11.6 Å². The lowest BCUT2D eigenvalue weighted by Gasteiger charge is -2.09. The van der Waals surface area contributed by atoms with E-state index in [0.717, 1.165) is 18.4 Å². The first-order valence-electron chi connectivity index (χ1n) is 6.80. The van der Waals surface area contributed by atoms with Crippen LogP contribution in [0, 0.1) is 0 Å². The number of rotatable bonds is 4. The number of halogens is 3. The molecule has 0 saturated carbocycles. The molecule has 1 amide bonds. The summed E-state index contributed by atoms with van der Waals surface area (Å²) < 4.78 is 59.8. The van der Waals surface area contributed by atoms with Crippen LogP contribution in [0.15, 0.2) is 48.5 Å². The molecule has 0 bridgehead atoms. The number of nitrogens with one attached hydrogen (secondary N) is 1. The largest absolute Gasteiger partial charge is 0.416 e. The van der Waals surface area contributed by atoms with Crippen molar-refractivity contribution in [1.29, 1.82) is 0 Å². The number of alkyl halides is 3. The van der Waals surface area contributed by atoms with Crippen molar-refractivity contribution in [2.24, 2.45) is 0 Å². The monoisotopic (exact) mass is 357 g/mol. The number of carbonyl (C=O) groups is 1. The highest BCUT2D eigenvalue weighted by molar-refractivity contribution is 7.89. The Labute approximate surface area is 137 Å². The van der Waals surface area contributed by atoms with Gasteiger partial charge in [0.2, 0.25) is 0 Å². The van der Waals surface area contributed by atoms with Crippen molar-refractivity contribution in [3.05, 3.63) is 65.2 Å². The van der Waals surface area contributed by atoms with Crippen molar-refractivity contribution in [2.45, 2.75) is 11.9 Å². The molecule has 0 aliphatic heterocycles. The third-order valence-corrected chi connectivity index (χ3v) is 3.97. The summed E-state index contributed by atoms with van der Waals surface area (Å²) in [6, 6.07) is 10.0. The second-order valence-electron chi connectivity index (χ2n) is 5.30. The number of anilines is 1. The van der Waals surface area contributed by atoms with Crippen molar-refractivity contribution in [3.8, 4) is 0 Å². The minimum Gasteiger partial charge on any atom is -0.322 e. The van der Waals surface area contributed by atoms with Crippen LogP contribution in [0.5, 0.6) is 0 Å². The average Bonchev–Trinajstić information content (AvgIpc) is 2.46. The molecule has 4 nitrogen and oxygen atoms in total. The first kappa shape index (κ1) is 18.0. The molecule has 8 heteroatoms. The summed E-state index contributed by atoms with van der Waals surface area (Å²) >= 11 is 0. The van der Waals surface area contributed by atoms with Gasteiger partial charge in [-0.2, -0.15) is 13.2 Å². The molecule has 0 radical (unpaired) electrons. The summed E-state index contributed by atoms with van der Waals surface area (Å²) in [6.45, 7) is 0. The Morgan fingerprint density at radius 3 is 2.00 bits per heavy atom. The van der Waals surface area contributed by atoms with Gasteiger partial charge in [0.15, 0.2) is 9.84 Å². The second kappa shape index (κ2) is 6.64. The van der Waals surface area contributed by atoms with E-state index >= 15 is 0 Å². The fourth-order valence-corrected chi connectivity index (χ4v) is 2.80. The van der Waals surface area contributed by atoms with E-state index in [-0.39, 0.29) is 17.0 Å². The molecule has 0 aliphatic rings. The molecule has 0 spiro atoms. The van der Waals surface area contributed by atoms with Gasteiger partial charge in [-0.25, -0.2) is 8.42 Å². The van der Waals surface area contributed by atoms with Crippen molar-refractivity contribution in [1.82, 2.24) is 0 Å². The van der Waals surface area contributed by atoms with Gasteiger partial charge in [0.1, 0.15) is 0 Å². The smallest absolute Gasteiger partial charge is 0.322 e. The Balaban J connectivity index is 2.07. The third-order valence-electron chi connectivity index (χ3n) is 3.12. The predicted molar refractivity (Wildman–Crippen MR) is 84.4 cm³/mol. The summed E-state index contributed by atoms with van der Waals surface area (Å²) in [5.74, 6) is -0.631. The van der Waals surface area contributed by atoms with Crippen LogP contribution in [0.2, 0.25) is 0 Å². The zero-order valence-corrected chi connectivity index (χ0v) is 13.4. The molecular formula is C16H14F3NO3S. The average molecular weight is 357 g/mol. The Morgan fingerprint density at radius 2 is 1.54 bits per heavy atom. The first-order valence-corrected chi connectivity index (χ1v) is 8.86. The molecule has 0 heterocycles. The van der Waals surface area contributed by atoms with Gasteiger partial charge in [-0.3, -0.25) is 4.79 Å². The number of sulfone groups is 1. The van der Waals surface area contributed by atoms with Crippen LogP contribution < -0.4 is 5.32 Å². The predicted octanol–water partition coefficient (Wildman–Crippen LogP) is 3.50. The standard InChI is InChI=1S/C16H14F3NO3S/c1-24(22,23)10-11-2-4-12(5-3-11)15(21)20-14-8-6-13(7-9-14)16(17,18)19/h2-9H,10H2,1H3,(H,20,21). The van der Waals surface area contributed by atoms with Crippen LogP contribution in [0.25, 0.3) is 0 Å². The minimum absolute atomic E-state index is 0.131. The van der Waals surface area contributed by atoms with E-state index in [4.69, 9.17) is 0 Å². The number of benzene rings is 2. The first-order chi connectivity index (χ1) is 11.0. The van der Waals surface area contributed by atoms with E-state index < -0.39 is 27.5 Å². The van der Waals surface area contributed by atoms with Gasteiger partial charge in [-0.05, 0) is 42.0 Å². The van der Waals surface area contributed by atoms with Crippen LogP contribution in [0.4, 0.5) is 18.9 Å². The van der Waals surface area contributed by atoms with Crippen LogP contribution >= 0.6 is 0 Å². The van der Waals surface area contributed by atoms with Crippen molar-refractivity contribution < 1.29 is 26.4 Å². The summed E-state index contributed by atoms with van der Waals surface area (Å²) in [7, 11) is -3.17. The zero-order chi connectivity index (χ0) is 18.0. The van der Waals surface area contributed by atoms with E-state index in [0.29, 0.717) is 5.56 Å². The summed E-state index contributed by atoms with van der Waals surface area (Å²) in [5.41, 5.74) is 0.245. The zero-order valence-electron chi connectivity index (χ0n) is 12.6. The van der Waals surface area contributed by atoms with E-state index in [1.807, 2.05) is 0 Å². The highest BCUT2D eigenvalue weighted by atomic mass is 32.2. The quantitative estimate of drug-likeness (QED) is 0.911. The maximum Gasteiger partial charge on any atom is 0.416 e. The summed E-state index contributed by atoms with van der Waals surface area (Å²) in [6.07, 6.45) is -3.32. The molecule has 128 valence electrons. The van der Waals surface area contributed by atoms with E-state index in [1.54, 1.807) is 0 Å². The third kappa shape index (κ3) is 5.09. The van der Waals surface area contributed by atoms with Gasteiger partial charge < -0.3 is 5.32 Å². The van der Waals surface area contributed by atoms with Crippen molar-refractivity contribution >= 4 is 21.4 Å². The molecule has 0 aromatic heterocycles. The molecule has 0 atom stereocenters. The van der Waals surface area contributed by atoms with E-state index in [2.05, 4.69) is 5.32 Å². The number of amides is 1. The summed E-state index contributed by atoms with van der Waals surface area (Å²) in [4.78, 5) is 12.0. The lowest BCUT2D eigenvalue weighted by atomic mass is 10.1. The maximum absolute atomic E-state index is 12.5. The Bertz CT molecular complexity index is 826. The van der Waals surface area contributed by atoms with Gasteiger partial charge in [0.25, 0.3) is 5.91 Å². The maximum atomic E-state index is 12.5. The molecule has 24 heavy (non-hydrogen) atoms. The lowest BCUT2D eigenvalue weighted by Crippen LogP contribution is -2.12. The molecule has 0 unspecified atom stereocenters. The lowest BCUT2D eigenvalue weighted by molar-refractivity contribution is -0.137. The SMILES string of the molecule is CS(=O)(=O)Cc1ccc(C(=O)Nc2ccc(C(F)(F)F)cc2)cc1. The van der Waals surface area contributed by atoms with Crippen LogP contribution in [0.1, 0.15) is 21.5 Å². The van der Waals surface area contributed by atoms with E-state index in [1.165, 1.54) is 36.4 Å². The molecule has 0 fully saturated rings. The highest BCUT2D eigenvalue weighted by Crippen LogP contribution is 2.29. The fourth-order valence-electron chi connectivity index (χ4n) is 2.00. The minimum atomic E-state index is -4.43. The van der Waals surface area contributed by atoms with Crippen LogP contribution in [-0.4, -0.2) is 20.6 Å². The topological polar surface area (TPSA) is 63.2 Å².